The van der Waals surface area contributed by atoms with Crippen LogP contribution in [0.15, 0.2) is 18.2 Å². The fraction of sp³-hybridized carbons (Fsp3) is 0.571. The molecule has 1 N–H and O–H groups in total. The van der Waals surface area contributed by atoms with Gasteiger partial charge in [0.25, 0.3) is 0 Å². The van der Waals surface area contributed by atoms with Crippen molar-refractivity contribution in [3.63, 3.8) is 0 Å². The Morgan fingerprint density at radius 2 is 2.06 bits per heavy atom. The maximum atomic E-state index is 13.9. The molecule has 0 fully saturated rings. The minimum absolute atomic E-state index is 0.0381. The largest absolute Gasteiger partial charge is 0.496 e. The van der Waals surface area contributed by atoms with Crippen LogP contribution < -0.4 is 10.1 Å². The zero-order valence-electron chi connectivity index (χ0n) is 10.9. The van der Waals surface area contributed by atoms with Gasteiger partial charge in [0.05, 0.1) is 7.11 Å². The third-order valence-corrected chi connectivity index (χ3v) is 2.80. The van der Waals surface area contributed by atoms with Crippen LogP contribution in [0.3, 0.4) is 0 Å². The number of hydrogen-bond donors (Lipinski definition) is 1. The summed E-state index contributed by atoms with van der Waals surface area (Å²) in [4.78, 5) is 0. The van der Waals surface area contributed by atoms with E-state index < -0.39 is 0 Å². The van der Waals surface area contributed by atoms with Crippen LogP contribution in [0.25, 0.3) is 0 Å². The second kappa shape index (κ2) is 7.28. The van der Waals surface area contributed by atoms with Gasteiger partial charge in [-0.3, -0.25) is 0 Å². The van der Waals surface area contributed by atoms with Crippen molar-refractivity contribution < 1.29 is 9.13 Å². The van der Waals surface area contributed by atoms with Gasteiger partial charge in [-0.05, 0) is 31.5 Å². The second-order valence-corrected chi connectivity index (χ2v) is 4.15. The highest BCUT2D eigenvalue weighted by atomic mass is 19.1. The van der Waals surface area contributed by atoms with Crippen LogP contribution >= 0.6 is 0 Å². The van der Waals surface area contributed by atoms with E-state index in [1.165, 1.54) is 6.07 Å². The van der Waals surface area contributed by atoms with Crippen LogP contribution in [0, 0.1) is 5.82 Å². The average molecular weight is 239 g/mol. The fourth-order valence-corrected chi connectivity index (χ4v) is 1.99. The molecule has 1 aromatic carbocycles. The van der Waals surface area contributed by atoms with Gasteiger partial charge >= 0.3 is 0 Å². The molecule has 1 aromatic rings. The van der Waals surface area contributed by atoms with Crippen molar-refractivity contribution in [1.82, 2.24) is 5.32 Å². The molecule has 0 bridgehead atoms. The van der Waals surface area contributed by atoms with E-state index in [4.69, 9.17) is 4.74 Å². The summed E-state index contributed by atoms with van der Waals surface area (Å²) in [5, 5.41) is 3.38. The van der Waals surface area contributed by atoms with Crippen molar-refractivity contribution in [3.8, 4) is 5.75 Å². The van der Waals surface area contributed by atoms with E-state index in [-0.39, 0.29) is 11.9 Å². The van der Waals surface area contributed by atoms with E-state index in [0.717, 1.165) is 25.8 Å². The van der Waals surface area contributed by atoms with Gasteiger partial charge in [0.2, 0.25) is 0 Å². The van der Waals surface area contributed by atoms with Gasteiger partial charge in [0.15, 0.2) is 0 Å². The number of rotatable bonds is 7. The van der Waals surface area contributed by atoms with Crippen LogP contribution in [0.5, 0.6) is 5.75 Å². The Labute approximate surface area is 103 Å². The molecule has 0 aromatic heterocycles. The van der Waals surface area contributed by atoms with E-state index in [2.05, 4.69) is 19.2 Å². The van der Waals surface area contributed by atoms with Gasteiger partial charge in [0, 0.05) is 11.6 Å². The number of hydrogen-bond acceptors (Lipinski definition) is 2. The first-order valence-corrected chi connectivity index (χ1v) is 6.30. The van der Waals surface area contributed by atoms with Crippen molar-refractivity contribution in [2.75, 3.05) is 13.7 Å². The maximum Gasteiger partial charge on any atom is 0.131 e. The Morgan fingerprint density at radius 3 is 2.65 bits per heavy atom. The molecule has 0 aliphatic heterocycles. The van der Waals surface area contributed by atoms with E-state index in [9.17, 15) is 4.39 Å². The summed E-state index contributed by atoms with van der Waals surface area (Å²) in [5.74, 6) is 0.443. The van der Waals surface area contributed by atoms with E-state index in [1.807, 2.05) is 6.07 Å². The first kappa shape index (κ1) is 14.0. The lowest BCUT2D eigenvalue weighted by Crippen LogP contribution is -2.23. The van der Waals surface area contributed by atoms with E-state index >= 15 is 0 Å². The standard InChI is InChI=1S/C14H22FNO/c1-4-7-12(16-10-5-2)14-11(15)8-6-9-13(14)17-3/h6,8-9,12,16H,4-5,7,10H2,1-3H3. The molecular formula is C14H22FNO. The molecule has 0 amide bonds. The number of halogens is 1. The highest BCUT2D eigenvalue weighted by Crippen LogP contribution is 2.30. The minimum atomic E-state index is -0.189. The van der Waals surface area contributed by atoms with Crippen LogP contribution in [0.4, 0.5) is 4.39 Å². The first-order valence-electron chi connectivity index (χ1n) is 6.30. The lowest BCUT2D eigenvalue weighted by atomic mass is 10.0. The Balaban J connectivity index is 2.98. The minimum Gasteiger partial charge on any atom is -0.496 e. The molecule has 0 saturated heterocycles. The lowest BCUT2D eigenvalue weighted by molar-refractivity contribution is 0.384. The molecule has 0 radical (unpaired) electrons. The van der Waals surface area contributed by atoms with Gasteiger partial charge in [-0.2, -0.15) is 0 Å². The summed E-state index contributed by atoms with van der Waals surface area (Å²) in [6, 6.07) is 5.03. The molecule has 0 aliphatic rings. The summed E-state index contributed by atoms with van der Waals surface area (Å²) < 4.78 is 19.2. The third kappa shape index (κ3) is 3.70. The first-order chi connectivity index (χ1) is 8.24. The van der Waals surface area contributed by atoms with Gasteiger partial charge in [-0.25, -0.2) is 4.39 Å². The average Bonchev–Trinajstić information content (AvgIpc) is 2.34. The van der Waals surface area contributed by atoms with Gasteiger partial charge in [-0.15, -0.1) is 0 Å². The summed E-state index contributed by atoms with van der Waals surface area (Å²) in [6.07, 6.45) is 2.97. The summed E-state index contributed by atoms with van der Waals surface area (Å²) in [6.45, 7) is 5.10. The fourth-order valence-electron chi connectivity index (χ4n) is 1.99. The Bertz CT molecular complexity index is 341. The molecule has 1 rings (SSSR count). The normalized spacial score (nSPS) is 12.5. The van der Waals surface area contributed by atoms with Crippen molar-refractivity contribution in [2.45, 2.75) is 39.2 Å². The molecule has 1 atom stereocenters. The van der Waals surface area contributed by atoms with Crippen molar-refractivity contribution >= 4 is 0 Å². The molecular weight excluding hydrogens is 217 g/mol. The topological polar surface area (TPSA) is 21.3 Å². The van der Waals surface area contributed by atoms with Gasteiger partial charge in [-0.1, -0.05) is 26.3 Å². The Hall–Kier alpha value is -1.09. The summed E-state index contributed by atoms with van der Waals surface area (Å²) in [7, 11) is 1.58. The second-order valence-electron chi connectivity index (χ2n) is 4.15. The summed E-state index contributed by atoms with van der Waals surface area (Å²) >= 11 is 0. The molecule has 0 spiro atoms. The molecule has 1 unspecified atom stereocenters. The van der Waals surface area contributed by atoms with Crippen LogP contribution in [0.2, 0.25) is 0 Å². The summed E-state index contributed by atoms with van der Waals surface area (Å²) in [5.41, 5.74) is 0.658. The van der Waals surface area contributed by atoms with Crippen molar-refractivity contribution in [3.05, 3.63) is 29.6 Å². The predicted molar refractivity (Wildman–Crippen MR) is 68.9 cm³/mol. The molecule has 0 aliphatic carbocycles. The van der Waals surface area contributed by atoms with Crippen LogP contribution in [-0.4, -0.2) is 13.7 Å². The molecule has 3 heteroatoms. The molecule has 0 saturated carbocycles. The zero-order valence-corrected chi connectivity index (χ0v) is 10.9. The number of benzene rings is 1. The smallest absolute Gasteiger partial charge is 0.131 e. The predicted octanol–water partition coefficient (Wildman–Crippen LogP) is 3.68. The highest BCUT2D eigenvalue weighted by molar-refractivity contribution is 5.37. The van der Waals surface area contributed by atoms with Gasteiger partial charge < -0.3 is 10.1 Å². The Morgan fingerprint density at radius 1 is 1.29 bits per heavy atom. The van der Waals surface area contributed by atoms with Crippen molar-refractivity contribution in [1.29, 1.82) is 0 Å². The van der Waals surface area contributed by atoms with Crippen molar-refractivity contribution in [2.24, 2.45) is 0 Å². The Kier molecular flexibility index (Phi) is 5.98. The van der Waals surface area contributed by atoms with Gasteiger partial charge in [0.1, 0.15) is 11.6 Å². The number of nitrogens with one attached hydrogen (secondary N) is 1. The zero-order chi connectivity index (χ0) is 12.7. The molecule has 2 nitrogen and oxygen atoms in total. The van der Waals surface area contributed by atoms with E-state index in [0.29, 0.717) is 11.3 Å². The molecule has 0 heterocycles. The lowest BCUT2D eigenvalue weighted by Gasteiger charge is -2.21. The number of methoxy groups -OCH3 is 1. The molecule has 17 heavy (non-hydrogen) atoms. The number of ether oxygens (including phenoxy) is 1. The molecule has 96 valence electrons. The third-order valence-electron chi connectivity index (χ3n) is 2.80. The highest BCUT2D eigenvalue weighted by Gasteiger charge is 2.18. The maximum absolute atomic E-state index is 13.9. The van der Waals surface area contributed by atoms with Crippen LogP contribution in [0.1, 0.15) is 44.7 Å². The monoisotopic (exact) mass is 239 g/mol. The SMILES string of the molecule is CCCNC(CCC)c1c(F)cccc1OC. The van der Waals surface area contributed by atoms with E-state index in [1.54, 1.807) is 13.2 Å². The van der Waals surface area contributed by atoms with Crippen LogP contribution in [-0.2, 0) is 0 Å². The quantitative estimate of drug-likeness (QED) is 0.783.